The van der Waals surface area contributed by atoms with Crippen molar-refractivity contribution in [3.63, 3.8) is 0 Å². The van der Waals surface area contributed by atoms with Crippen molar-refractivity contribution < 1.29 is 0 Å². The molecule has 1 aromatic carbocycles. The van der Waals surface area contributed by atoms with Gasteiger partial charge in [-0.15, -0.1) is 10.2 Å². The molecule has 0 bridgehead atoms. The molecule has 0 spiro atoms. The van der Waals surface area contributed by atoms with Gasteiger partial charge < -0.3 is 5.73 Å². The van der Waals surface area contributed by atoms with Crippen LogP contribution in [0.3, 0.4) is 0 Å². The zero-order valence-electron chi connectivity index (χ0n) is 11.1. The molecule has 3 nitrogen and oxygen atoms in total. The summed E-state index contributed by atoms with van der Waals surface area (Å²) in [5.41, 5.74) is 9.01. The van der Waals surface area contributed by atoms with Crippen LogP contribution in [0.1, 0.15) is 32.8 Å². The number of hydrogen-bond donors (Lipinski definition) is 1. The molecule has 18 heavy (non-hydrogen) atoms. The molecule has 0 saturated carbocycles. The van der Waals surface area contributed by atoms with E-state index in [4.69, 9.17) is 5.73 Å². The summed E-state index contributed by atoms with van der Waals surface area (Å²) < 4.78 is 0. The topological polar surface area (TPSA) is 51.8 Å². The van der Waals surface area contributed by atoms with E-state index in [0.29, 0.717) is 5.82 Å². The molecule has 94 valence electrons. The van der Waals surface area contributed by atoms with Crippen molar-refractivity contribution in [2.45, 2.75) is 32.6 Å². The number of nitrogens with zero attached hydrogens (tertiary/aromatic N) is 2. The predicted molar refractivity (Wildman–Crippen MR) is 75.2 cm³/mol. The number of aromatic nitrogens is 2. The second-order valence-electron chi connectivity index (χ2n) is 5.16. The van der Waals surface area contributed by atoms with Crippen LogP contribution in [-0.2, 0) is 5.41 Å². The molecule has 0 atom stereocenters. The Morgan fingerprint density at radius 1 is 1.00 bits per heavy atom. The van der Waals surface area contributed by atoms with Crippen LogP contribution in [0.2, 0.25) is 0 Å². The van der Waals surface area contributed by atoms with Crippen LogP contribution in [0.25, 0.3) is 11.3 Å². The van der Waals surface area contributed by atoms with Crippen molar-refractivity contribution in [1.29, 1.82) is 0 Å². The van der Waals surface area contributed by atoms with E-state index in [1.165, 1.54) is 5.56 Å². The molecule has 0 unspecified atom stereocenters. The molecule has 2 rings (SSSR count). The molecule has 0 aliphatic carbocycles. The maximum Gasteiger partial charge on any atom is 0.146 e. The quantitative estimate of drug-likeness (QED) is 0.895. The van der Waals surface area contributed by atoms with E-state index in [0.717, 1.165) is 17.7 Å². The predicted octanol–water partition coefficient (Wildman–Crippen LogP) is 3.41. The lowest BCUT2D eigenvalue weighted by atomic mass is 9.82. The van der Waals surface area contributed by atoms with Gasteiger partial charge in [-0.3, -0.25) is 0 Å². The molecule has 0 radical (unpaired) electrons. The third-order valence-corrected chi connectivity index (χ3v) is 3.53. The number of nitrogen functional groups attached to an aromatic ring is 1. The minimum absolute atomic E-state index is 0.214. The Kier molecular flexibility index (Phi) is 3.32. The number of nitrogens with two attached hydrogens (primary N) is 1. The maximum atomic E-state index is 5.53. The highest BCUT2D eigenvalue weighted by Gasteiger charge is 2.17. The van der Waals surface area contributed by atoms with Gasteiger partial charge in [-0.2, -0.15) is 0 Å². The molecule has 3 heteroatoms. The van der Waals surface area contributed by atoms with Gasteiger partial charge in [0.2, 0.25) is 0 Å². The Balaban J connectivity index is 2.30. The van der Waals surface area contributed by atoms with Crippen molar-refractivity contribution in [2.24, 2.45) is 0 Å². The number of benzene rings is 1. The largest absolute Gasteiger partial charge is 0.382 e. The molecule has 0 aliphatic rings. The minimum atomic E-state index is 0.214. The SMILES string of the molecule is CCC(C)(C)c1ccc(-c2ccc(N)nn2)cc1. The van der Waals surface area contributed by atoms with Crippen LogP contribution in [0.15, 0.2) is 36.4 Å². The van der Waals surface area contributed by atoms with Gasteiger partial charge in [0.15, 0.2) is 0 Å². The summed E-state index contributed by atoms with van der Waals surface area (Å²) in [5.74, 6) is 0.447. The fourth-order valence-electron chi connectivity index (χ4n) is 1.79. The Morgan fingerprint density at radius 2 is 1.67 bits per heavy atom. The minimum Gasteiger partial charge on any atom is -0.382 e. The van der Waals surface area contributed by atoms with E-state index in [9.17, 15) is 0 Å². The fraction of sp³-hybridized carbons (Fsp3) is 0.333. The van der Waals surface area contributed by atoms with Gasteiger partial charge in [0.25, 0.3) is 0 Å². The van der Waals surface area contributed by atoms with E-state index < -0.39 is 0 Å². The van der Waals surface area contributed by atoms with Gasteiger partial charge in [0.1, 0.15) is 5.82 Å². The molecule has 1 aromatic heterocycles. The molecular weight excluding hydrogens is 222 g/mol. The maximum absolute atomic E-state index is 5.53. The Hall–Kier alpha value is -1.90. The lowest BCUT2D eigenvalue weighted by Crippen LogP contribution is -2.14. The van der Waals surface area contributed by atoms with Crippen molar-refractivity contribution in [3.05, 3.63) is 42.0 Å². The van der Waals surface area contributed by atoms with Gasteiger partial charge in [-0.1, -0.05) is 45.0 Å². The number of hydrogen-bond acceptors (Lipinski definition) is 3. The highest BCUT2D eigenvalue weighted by atomic mass is 15.1. The molecule has 0 fully saturated rings. The molecule has 1 heterocycles. The van der Waals surface area contributed by atoms with Gasteiger partial charge in [-0.25, -0.2) is 0 Å². The zero-order valence-corrected chi connectivity index (χ0v) is 11.1. The van der Waals surface area contributed by atoms with Crippen LogP contribution in [0.4, 0.5) is 5.82 Å². The first-order chi connectivity index (χ1) is 8.53. The van der Waals surface area contributed by atoms with Crippen molar-refractivity contribution >= 4 is 5.82 Å². The summed E-state index contributed by atoms with van der Waals surface area (Å²) in [6.07, 6.45) is 1.12. The van der Waals surface area contributed by atoms with Crippen LogP contribution in [-0.4, -0.2) is 10.2 Å². The van der Waals surface area contributed by atoms with Gasteiger partial charge in [-0.05, 0) is 29.5 Å². The number of anilines is 1. The Labute approximate surface area is 108 Å². The van der Waals surface area contributed by atoms with E-state index in [-0.39, 0.29) is 5.41 Å². The van der Waals surface area contributed by atoms with Gasteiger partial charge in [0.05, 0.1) is 5.69 Å². The van der Waals surface area contributed by atoms with Crippen molar-refractivity contribution in [1.82, 2.24) is 10.2 Å². The third-order valence-electron chi connectivity index (χ3n) is 3.53. The summed E-state index contributed by atoms with van der Waals surface area (Å²) in [6.45, 7) is 6.72. The second kappa shape index (κ2) is 4.77. The Bertz CT molecular complexity index is 512. The van der Waals surface area contributed by atoms with E-state index in [2.05, 4.69) is 55.2 Å². The first-order valence-electron chi connectivity index (χ1n) is 6.23. The standard InChI is InChI=1S/C15H19N3/c1-4-15(2,3)12-7-5-11(6-8-12)13-9-10-14(16)18-17-13/h5-10H,4H2,1-3H3,(H2,16,18). The third kappa shape index (κ3) is 2.50. The van der Waals surface area contributed by atoms with Gasteiger partial charge >= 0.3 is 0 Å². The molecule has 0 amide bonds. The lowest BCUT2D eigenvalue weighted by molar-refractivity contribution is 0.506. The Morgan fingerprint density at radius 3 is 2.17 bits per heavy atom. The van der Waals surface area contributed by atoms with Crippen LogP contribution in [0, 0.1) is 0 Å². The molecule has 2 N–H and O–H groups in total. The fourth-order valence-corrected chi connectivity index (χ4v) is 1.79. The average molecular weight is 241 g/mol. The normalized spacial score (nSPS) is 11.5. The smallest absolute Gasteiger partial charge is 0.146 e. The molecular formula is C15H19N3. The highest BCUT2D eigenvalue weighted by molar-refractivity contribution is 5.59. The monoisotopic (exact) mass is 241 g/mol. The summed E-state index contributed by atoms with van der Waals surface area (Å²) in [6, 6.07) is 12.2. The van der Waals surface area contributed by atoms with E-state index in [1.54, 1.807) is 6.07 Å². The highest BCUT2D eigenvalue weighted by Crippen LogP contribution is 2.28. The van der Waals surface area contributed by atoms with Crippen molar-refractivity contribution in [2.75, 3.05) is 5.73 Å². The summed E-state index contributed by atoms with van der Waals surface area (Å²) in [5, 5.41) is 7.96. The molecule has 0 aliphatic heterocycles. The second-order valence-corrected chi connectivity index (χ2v) is 5.16. The molecule has 2 aromatic rings. The van der Waals surface area contributed by atoms with Gasteiger partial charge in [0, 0.05) is 5.56 Å². The first kappa shape index (κ1) is 12.6. The van der Waals surface area contributed by atoms with Crippen molar-refractivity contribution in [3.8, 4) is 11.3 Å². The average Bonchev–Trinajstić information content (AvgIpc) is 2.40. The van der Waals surface area contributed by atoms with Crippen LogP contribution >= 0.6 is 0 Å². The van der Waals surface area contributed by atoms with Crippen LogP contribution in [0.5, 0.6) is 0 Å². The van der Waals surface area contributed by atoms with E-state index in [1.807, 2.05) is 6.07 Å². The van der Waals surface area contributed by atoms with Crippen LogP contribution < -0.4 is 5.73 Å². The summed E-state index contributed by atoms with van der Waals surface area (Å²) in [4.78, 5) is 0. The first-order valence-corrected chi connectivity index (χ1v) is 6.23. The summed E-state index contributed by atoms with van der Waals surface area (Å²) >= 11 is 0. The lowest BCUT2D eigenvalue weighted by Gasteiger charge is -2.23. The van der Waals surface area contributed by atoms with E-state index >= 15 is 0 Å². The molecule has 0 saturated heterocycles. The summed E-state index contributed by atoms with van der Waals surface area (Å²) in [7, 11) is 0. The zero-order chi connectivity index (χ0) is 13.2. The number of rotatable bonds is 3.